The number of carboxylic acids is 2. The maximum absolute atomic E-state index is 12.9. The second-order valence-corrected chi connectivity index (χ2v) is 12.7. The van der Waals surface area contributed by atoms with Crippen molar-refractivity contribution in [1.29, 1.82) is 0 Å². The summed E-state index contributed by atoms with van der Waals surface area (Å²) in [4.78, 5) is 50.0. The number of aliphatic hydroxyl groups excluding tert-OH is 1. The maximum Gasteiger partial charge on any atom is 0.344 e. The van der Waals surface area contributed by atoms with Gasteiger partial charge in [-0.05, 0) is 42.2 Å². The Morgan fingerprint density at radius 2 is 1.76 bits per heavy atom. The molecule has 1 aromatic carbocycles. The summed E-state index contributed by atoms with van der Waals surface area (Å²) >= 11 is 0. The summed E-state index contributed by atoms with van der Waals surface area (Å²) in [5.41, 5.74) is -4.97. The van der Waals surface area contributed by atoms with Gasteiger partial charge in [0.05, 0.1) is 6.61 Å². The monoisotopic (exact) mass is 646 g/mol. The number of carboxylic acid groups (broad SMARTS) is 2. The zero-order chi connectivity index (χ0) is 34.4. The molecule has 2 saturated heterocycles. The largest absolute Gasteiger partial charge is 0.479 e. The molecule has 2 fully saturated rings. The number of allylic oxidation sites excluding steroid dienone is 1. The first kappa shape index (κ1) is 36.9. The second-order valence-electron chi connectivity index (χ2n) is 12.7. The lowest BCUT2D eigenvalue weighted by molar-refractivity contribution is -0.354. The van der Waals surface area contributed by atoms with Crippen molar-refractivity contribution in [3.63, 3.8) is 0 Å². The van der Waals surface area contributed by atoms with Crippen LogP contribution in [-0.2, 0) is 44.5 Å². The predicted octanol–water partition coefficient (Wildman–Crippen LogP) is 3.43. The van der Waals surface area contributed by atoms with Gasteiger partial charge in [0.2, 0.25) is 11.2 Å². The summed E-state index contributed by atoms with van der Waals surface area (Å²) in [5, 5.41) is 42.9. The molecule has 0 aromatic heterocycles. The van der Waals surface area contributed by atoms with E-state index in [2.05, 4.69) is 13.5 Å². The Bertz CT molecular complexity index is 1310. The Balaban J connectivity index is 1.89. The highest BCUT2D eigenvalue weighted by molar-refractivity contribution is 5.93. The molecule has 2 bridgehead atoms. The molecule has 0 aliphatic carbocycles. The Hall–Kier alpha value is -3.58. The van der Waals surface area contributed by atoms with Crippen LogP contribution in [0.25, 0.3) is 0 Å². The van der Waals surface area contributed by atoms with Gasteiger partial charge in [-0.1, -0.05) is 77.1 Å². The number of hydrogen-bond acceptors (Lipinski definition) is 10. The fourth-order valence-corrected chi connectivity index (χ4v) is 6.23. The number of aliphatic carboxylic acids is 2. The van der Waals surface area contributed by atoms with Crippen LogP contribution in [0.1, 0.15) is 65.9 Å². The van der Waals surface area contributed by atoms with Crippen LogP contribution in [-0.4, -0.2) is 86.2 Å². The van der Waals surface area contributed by atoms with E-state index in [-0.39, 0.29) is 24.7 Å². The van der Waals surface area contributed by atoms with E-state index in [1.54, 1.807) is 6.08 Å². The average Bonchev–Trinajstić information content (AvgIpc) is 3.21. The summed E-state index contributed by atoms with van der Waals surface area (Å²) in [5.74, 6) is -7.70. The van der Waals surface area contributed by atoms with E-state index in [9.17, 15) is 39.6 Å². The minimum atomic E-state index is -3.24. The summed E-state index contributed by atoms with van der Waals surface area (Å²) in [7, 11) is 0. The summed E-state index contributed by atoms with van der Waals surface area (Å²) in [6.07, 6.45) is -0.448. The van der Waals surface area contributed by atoms with Crippen LogP contribution in [0.4, 0.5) is 0 Å². The zero-order valence-corrected chi connectivity index (χ0v) is 27.0. The molecule has 0 spiro atoms. The number of fused-ring (bicyclic) bond motifs is 2. The van der Waals surface area contributed by atoms with E-state index in [1.807, 2.05) is 51.1 Å². The molecular formula is C34H46O12. The fraction of sp³-hybridized carbons (Fsp3) is 0.588. The number of hydrogen-bond donors (Lipinski definition) is 4. The molecule has 9 atom stereocenters. The van der Waals surface area contributed by atoms with Gasteiger partial charge in [-0.3, -0.25) is 4.79 Å². The molecule has 1 aromatic rings. The molecule has 2 aliphatic heterocycles. The van der Waals surface area contributed by atoms with Gasteiger partial charge in [0.1, 0.15) is 12.2 Å². The number of carbonyl (C=O) groups excluding carboxylic acids is 2. The van der Waals surface area contributed by atoms with Gasteiger partial charge in [-0.25, -0.2) is 14.4 Å². The summed E-state index contributed by atoms with van der Waals surface area (Å²) in [6, 6.07) is 9.51. The molecule has 2 aliphatic rings. The van der Waals surface area contributed by atoms with Gasteiger partial charge in [-0.2, -0.15) is 0 Å². The van der Waals surface area contributed by atoms with Gasteiger partial charge in [0.15, 0.2) is 11.9 Å². The first-order valence-corrected chi connectivity index (χ1v) is 15.5. The number of carbonyl (C=O) groups is 4. The van der Waals surface area contributed by atoms with E-state index in [4.69, 9.17) is 18.9 Å². The minimum Gasteiger partial charge on any atom is -0.479 e. The third-order valence-electron chi connectivity index (χ3n) is 8.97. The highest BCUT2D eigenvalue weighted by atomic mass is 16.8. The van der Waals surface area contributed by atoms with Crippen molar-refractivity contribution < 1.29 is 58.6 Å². The Morgan fingerprint density at radius 3 is 2.33 bits per heavy atom. The van der Waals surface area contributed by atoms with E-state index >= 15 is 0 Å². The Morgan fingerprint density at radius 1 is 1.11 bits per heavy atom. The van der Waals surface area contributed by atoms with E-state index in [0.717, 1.165) is 24.5 Å². The number of rotatable bonds is 16. The first-order chi connectivity index (χ1) is 21.5. The van der Waals surface area contributed by atoms with Gasteiger partial charge in [0.25, 0.3) is 0 Å². The van der Waals surface area contributed by atoms with E-state index in [1.165, 1.54) is 6.92 Å². The van der Waals surface area contributed by atoms with Gasteiger partial charge in [-0.15, -0.1) is 0 Å². The molecule has 0 amide bonds. The first-order valence-electron chi connectivity index (χ1n) is 15.5. The highest BCUT2D eigenvalue weighted by Gasteiger charge is 2.82. The zero-order valence-electron chi connectivity index (χ0n) is 27.0. The molecule has 3 rings (SSSR count). The lowest BCUT2D eigenvalue weighted by atomic mass is 9.78. The van der Waals surface area contributed by atoms with Crippen molar-refractivity contribution in [2.24, 2.45) is 17.8 Å². The molecular weight excluding hydrogens is 600 g/mol. The lowest BCUT2D eigenvalue weighted by Crippen LogP contribution is -2.73. The highest BCUT2D eigenvalue weighted by Crippen LogP contribution is 2.53. The van der Waals surface area contributed by atoms with Crippen LogP contribution in [0.5, 0.6) is 0 Å². The van der Waals surface area contributed by atoms with Crippen molar-refractivity contribution in [2.75, 3.05) is 6.61 Å². The molecule has 2 heterocycles. The third kappa shape index (κ3) is 7.52. The minimum absolute atomic E-state index is 0.0361. The number of ether oxygens (including phenoxy) is 4. The van der Waals surface area contributed by atoms with Gasteiger partial charge in [0, 0.05) is 25.3 Å². The van der Waals surface area contributed by atoms with Crippen LogP contribution in [0.3, 0.4) is 0 Å². The molecule has 4 N–H and O–H groups in total. The quantitative estimate of drug-likeness (QED) is 0.117. The number of esters is 2. The van der Waals surface area contributed by atoms with Gasteiger partial charge < -0.3 is 39.4 Å². The average molecular weight is 647 g/mol. The number of aliphatic hydroxyl groups is 2. The lowest BCUT2D eigenvalue weighted by Gasteiger charge is -2.45. The summed E-state index contributed by atoms with van der Waals surface area (Å²) in [6.45, 7) is 12.1. The van der Waals surface area contributed by atoms with Crippen LogP contribution in [0, 0.1) is 17.8 Å². The smallest absolute Gasteiger partial charge is 0.344 e. The SMILES string of the molecule is C=C(CC[C@@]12OC[C@@](O)(C(=O)O)[C@@](C(=O)O)(O1)[C@H](OC(=O)/C=C/[C@@H](C)C[C@@H](C)CC)[C@H]2O)[C@H](OC(C)=O)[C@@H](C)Cc1ccccc1. The second kappa shape index (κ2) is 14.9. The number of benzene rings is 1. The van der Waals surface area contributed by atoms with E-state index < -0.39 is 65.8 Å². The van der Waals surface area contributed by atoms with E-state index in [0.29, 0.717) is 17.9 Å². The topological polar surface area (TPSA) is 186 Å². The molecule has 0 saturated carbocycles. The van der Waals surface area contributed by atoms with Crippen LogP contribution in [0.15, 0.2) is 54.6 Å². The van der Waals surface area contributed by atoms with Gasteiger partial charge >= 0.3 is 23.9 Å². The van der Waals surface area contributed by atoms with Crippen molar-refractivity contribution in [1.82, 2.24) is 0 Å². The molecule has 12 nitrogen and oxygen atoms in total. The maximum atomic E-state index is 12.9. The van der Waals surface area contributed by atoms with Crippen LogP contribution >= 0.6 is 0 Å². The predicted molar refractivity (Wildman–Crippen MR) is 164 cm³/mol. The fourth-order valence-electron chi connectivity index (χ4n) is 6.23. The van der Waals surface area contributed by atoms with Crippen LogP contribution < -0.4 is 0 Å². The molecule has 0 unspecified atom stereocenters. The van der Waals surface area contributed by atoms with Crippen molar-refractivity contribution >= 4 is 23.9 Å². The molecule has 12 heteroatoms. The van der Waals surface area contributed by atoms with Crippen molar-refractivity contribution in [3.05, 3.63) is 60.2 Å². The van der Waals surface area contributed by atoms with Crippen LogP contribution in [0.2, 0.25) is 0 Å². The molecule has 254 valence electrons. The summed E-state index contributed by atoms with van der Waals surface area (Å²) < 4.78 is 22.4. The Labute approximate surface area is 269 Å². The van der Waals surface area contributed by atoms with Crippen molar-refractivity contribution in [2.45, 2.75) is 102 Å². The molecule has 46 heavy (non-hydrogen) atoms. The normalized spacial score (nSPS) is 29.8. The van der Waals surface area contributed by atoms with Crippen molar-refractivity contribution in [3.8, 4) is 0 Å². The third-order valence-corrected chi connectivity index (χ3v) is 8.97. The standard InChI is InChI=1S/C34H46O12/c1-7-20(2)17-21(3)13-14-26(36)45-29-28(37)33(43-19-32(42,30(38)39)34(29,46-33)31(40)41)16-15-22(4)27(44-24(6)35)23(5)18-25-11-9-8-10-12-25/h8-14,20-21,23,27-29,37,42H,4,7,15-19H2,1-3,5-6H3,(H,38,39)(H,40,41)/b14-13+/t20-,21+,23-,27-,28+,29+,32+,33+,34+/m0/s1. The Kier molecular flexibility index (Phi) is 11.9. The molecule has 0 radical (unpaired) electrons.